The fraction of sp³-hybridized carbons (Fsp3) is 0.0213. The van der Waals surface area contributed by atoms with Gasteiger partial charge in [-0.25, -0.2) is 9.97 Å². The van der Waals surface area contributed by atoms with Gasteiger partial charge in [-0.1, -0.05) is 152 Å². The highest BCUT2D eigenvalue weighted by Crippen LogP contribution is 2.61. The number of hydrogen-bond donors (Lipinski definition) is 0. The van der Waals surface area contributed by atoms with Gasteiger partial charge >= 0.3 is 0 Å². The molecule has 0 saturated carbocycles. The van der Waals surface area contributed by atoms with Crippen molar-refractivity contribution in [3.63, 3.8) is 0 Å². The van der Waals surface area contributed by atoms with Crippen LogP contribution in [0.4, 0.5) is 11.6 Å². The summed E-state index contributed by atoms with van der Waals surface area (Å²) in [7, 11) is -1.37. The maximum atomic E-state index is 8.50. The molecule has 1 unspecified atom stereocenters. The minimum Gasteiger partial charge on any atom is -0.454 e. The van der Waals surface area contributed by atoms with Crippen LogP contribution in [-0.2, 0) is 0 Å². The number of furan rings is 1. The van der Waals surface area contributed by atoms with Crippen molar-refractivity contribution in [1.82, 2.24) is 9.97 Å². The van der Waals surface area contributed by atoms with E-state index in [-0.39, 0.29) is 5.56 Å². The van der Waals surface area contributed by atoms with Crippen molar-refractivity contribution in [3.05, 3.63) is 169 Å². The number of hydrogen-bond acceptors (Lipinski definition) is 4. The summed E-state index contributed by atoms with van der Waals surface area (Å²) >= 11 is 0. The number of aryl methyl sites for hydroxylation is 1. The van der Waals surface area contributed by atoms with Gasteiger partial charge in [0, 0.05) is 47.6 Å². The summed E-state index contributed by atoms with van der Waals surface area (Å²) in [6, 6.07) is 55.6. The molecule has 11 rings (SSSR count). The second kappa shape index (κ2) is 11.3. The van der Waals surface area contributed by atoms with Crippen LogP contribution in [0.15, 0.2) is 168 Å². The van der Waals surface area contributed by atoms with Gasteiger partial charge in [0.1, 0.15) is 11.3 Å². The van der Waals surface area contributed by atoms with E-state index in [1.54, 1.807) is 12.1 Å². The van der Waals surface area contributed by atoms with Crippen LogP contribution in [0.5, 0.6) is 0 Å². The monoisotopic (exact) mass is 686 g/mol. The molecule has 52 heavy (non-hydrogen) atoms. The van der Waals surface area contributed by atoms with Gasteiger partial charge < -0.3 is 4.42 Å². The minimum absolute atomic E-state index is 0.247. The van der Waals surface area contributed by atoms with Crippen molar-refractivity contribution in [2.24, 2.45) is 0 Å². The van der Waals surface area contributed by atoms with Crippen LogP contribution >= 0.6 is 8.07 Å². The fourth-order valence-electron chi connectivity index (χ4n) is 8.07. The Kier molecular flexibility index (Phi) is 5.76. The molecule has 8 aromatic carbocycles. The van der Waals surface area contributed by atoms with Gasteiger partial charge in [0.2, 0.25) is 5.95 Å². The summed E-state index contributed by atoms with van der Waals surface area (Å²) in [6.07, 6.45) is 0. The Hall–Kier alpha value is -6.35. The third-order valence-electron chi connectivity index (χ3n) is 10.3. The standard InChI is InChI=1S/C47H30N3OP/c1-29-15-5-7-19-32(29)44-36-23-11-13-25-38(36)48-47(49-44)50-45-43(35-22-10-9-21-34(35)41-37-24-12-14-26-39(37)51-46(41)45)42-33-20-8-6-16-30(33)27-28-40(42)52(50)31-17-3-2-4-18-31/h2-28H,1H3/i1D3. The van der Waals surface area contributed by atoms with E-state index in [9.17, 15) is 0 Å². The predicted molar refractivity (Wildman–Crippen MR) is 219 cm³/mol. The van der Waals surface area contributed by atoms with E-state index in [0.717, 1.165) is 70.9 Å². The van der Waals surface area contributed by atoms with Gasteiger partial charge in [-0.05, 0) is 46.1 Å². The molecule has 1 aliphatic rings. The predicted octanol–water partition coefficient (Wildman–Crippen LogP) is 12.0. The smallest absolute Gasteiger partial charge is 0.235 e. The topological polar surface area (TPSA) is 42.2 Å². The quantitative estimate of drug-likeness (QED) is 0.174. The minimum atomic E-state index is -2.35. The summed E-state index contributed by atoms with van der Waals surface area (Å²) in [4.78, 5) is 10.8. The van der Waals surface area contributed by atoms with Gasteiger partial charge in [0.15, 0.2) is 5.58 Å². The number of fused-ring (bicyclic) bond motifs is 13. The first kappa shape index (κ1) is 26.5. The third kappa shape index (κ3) is 4.19. The molecule has 244 valence electrons. The molecular formula is C47H30N3OP. The molecular weight excluding hydrogens is 654 g/mol. The molecule has 3 heterocycles. The largest absolute Gasteiger partial charge is 0.454 e. The van der Waals surface area contributed by atoms with Gasteiger partial charge in [0.05, 0.1) is 19.3 Å². The van der Waals surface area contributed by atoms with Crippen molar-refractivity contribution < 1.29 is 8.53 Å². The average Bonchev–Trinajstić information content (AvgIpc) is 3.62. The Morgan fingerprint density at radius 3 is 2.13 bits per heavy atom. The molecule has 1 aliphatic heterocycles. The highest BCUT2D eigenvalue weighted by Gasteiger charge is 2.40. The third-order valence-corrected chi connectivity index (χ3v) is 12.7. The molecule has 2 aromatic heterocycles. The molecule has 0 N–H and O–H groups in total. The molecule has 0 fully saturated rings. The lowest BCUT2D eigenvalue weighted by Gasteiger charge is -2.40. The number of nitrogens with zero attached hydrogens (tertiary/aromatic N) is 3. The molecule has 10 aromatic rings. The van der Waals surface area contributed by atoms with Crippen molar-refractivity contribution in [2.75, 3.05) is 4.67 Å². The van der Waals surface area contributed by atoms with Crippen molar-refractivity contribution in [1.29, 1.82) is 0 Å². The number of rotatable bonds is 3. The van der Waals surface area contributed by atoms with E-state index < -0.39 is 14.9 Å². The lowest BCUT2D eigenvalue weighted by atomic mass is 9.90. The molecule has 4 nitrogen and oxygen atoms in total. The first-order valence-corrected chi connectivity index (χ1v) is 18.6. The SMILES string of the molecule is [2H]C([2H])([2H])c1ccccc1-c1nc(N2c3c(c4ccccc4c4c3oc3ccccc34)-c3c(ccc4ccccc34)P2c2ccccc2)nc2ccccc12. The molecule has 1 atom stereocenters. The first-order chi connectivity index (χ1) is 27.0. The summed E-state index contributed by atoms with van der Waals surface area (Å²) < 4.78 is 34.8. The molecule has 0 bridgehead atoms. The highest BCUT2D eigenvalue weighted by atomic mass is 31.1. The molecule has 0 saturated heterocycles. The zero-order valence-electron chi connectivity index (χ0n) is 30.8. The zero-order valence-corrected chi connectivity index (χ0v) is 28.7. The molecule has 0 spiro atoms. The number of aromatic nitrogens is 2. The summed E-state index contributed by atoms with van der Waals surface area (Å²) in [5.41, 5.74) is 6.79. The Labute approximate surface area is 305 Å². The molecule has 0 aliphatic carbocycles. The van der Waals surface area contributed by atoms with E-state index in [1.165, 1.54) is 10.9 Å². The van der Waals surface area contributed by atoms with Crippen molar-refractivity contribution in [3.8, 4) is 22.4 Å². The lowest BCUT2D eigenvalue weighted by molar-refractivity contribution is 0.669. The average molecular weight is 687 g/mol. The van der Waals surface area contributed by atoms with E-state index >= 15 is 0 Å². The maximum Gasteiger partial charge on any atom is 0.235 e. The van der Waals surface area contributed by atoms with Crippen LogP contribution < -0.4 is 15.3 Å². The number of benzene rings is 8. The number of anilines is 2. The van der Waals surface area contributed by atoms with E-state index in [1.807, 2.05) is 54.6 Å². The Bertz CT molecular complexity index is 3180. The highest BCUT2D eigenvalue weighted by molar-refractivity contribution is 7.75. The Morgan fingerprint density at radius 1 is 0.577 bits per heavy atom. The van der Waals surface area contributed by atoms with Crippen LogP contribution in [0.2, 0.25) is 0 Å². The zero-order chi connectivity index (χ0) is 36.8. The van der Waals surface area contributed by atoms with Gasteiger partial charge in [0.25, 0.3) is 0 Å². The van der Waals surface area contributed by atoms with Crippen LogP contribution in [0.25, 0.3) is 76.8 Å². The van der Waals surface area contributed by atoms with Crippen molar-refractivity contribution >= 4 is 84.7 Å². The second-order valence-corrected chi connectivity index (χ2v) is 15.2. The van der Waals surface area contributed by atoms with Crippen molar-refractivity contribution in [2.45, 2.75) is 6.85 Å². The summed E-state index contributed by atoms with van der Waals surface area (Å²) in [5.74, 6) is 0.473. The fourth-order valence-corrected chi connectivity index (χ4v) is 10.6. The molecule has 5 heteroatoms. The second-order valence-electron chi connectivity index (χ2n) is 13.1. The number of para-hydroxylation sites is 2. The van der Waals surface area contributed by atoms with E-state index in [0.29, 0.717) is 17.2 Å². The van der Waals surface area contributed by atoms with Gasteiger partial charge in [-0.15, -0.1) is 0 Å². The van der Waals surface area contributed by atoms with Gasteiger partial charge in [-0.3, -0.25) is 4.67 Å². The van der Waals surface area contributed by atoms with Crippen LogP contribution in [0, 0.1) is 6.85 Å². The van der Waals surface area contributed by atoms with E-state index in [2.05, 4.69) is 102 Å². The van der Waals surface area contributed by atoms with Crippen LogP contribution in [0.3, 0.4) is 0 Å². The van der Waals surface area contributed by atoms with E-state index in [4.69, 9.17) is 18.5 Å². The Balaban J connectivity index is 1.36. The lowest BCUT2D eigenvalue weighted by Crippen LogP contribution is -2.31. The molecule has 0 radical (unpaired) electrons. The summed E-state index contributed by atoms with van der Waals surface area (Å²) in [5, 5.41) is 9.69. The molecule has 0 amide bonds. The van der Waals surface area contributed by atoms with Crippen LogP contribution in [0.1, 0.15) is 9.68 Å². The summed E-state index contributed by atoms with van der Waals surface area (Å²) in [6.45, 7) is -2.35. The normalized spacial score (nSPS) is 15.1. The maximum absolute atomic E-state index is 8.50. The van der Waals surface area contributed by atoms with Crippen LogP contribution in [-0.4, -0.2) is 9.97 Å². The Morgan fingerprint density at radius 2 is 1.27 bits per heavy atom. The first-order valence-electron chi connectivity index (χ1n) is 18.9. The van der Waals surface area contributed by atoms with Gasteiger partial charge in [-0.2, -0.15) is 0 Å².